The quantitative estimate of drug-likeness (QED) is 0.863. The van der Waals surface area contributed by atoms with Crippen molar-refractivity contribution in [3.8, 4) is 0 Å². The molecule has 1 amide bonds. The highest BCUT2D eigenvalue weighted by atomic mass is 79.9. The van der Waals surface area contributed by atoms with Crippen molar-refractivity contribution >= 4 is 43.6 Å². The molecule has 0 bridgehead atoms. The maximum absolute atomic E-state index is 10.9. The van der Waals surface area contributed by atoms with Crippen LogP contribution < -0.4 is 5.32 Å². The van der Waals surface area contributed by atoms with Crippen LogP contribution in [-0.4, -0.2) is 13.2 Å². The first kappa shape index (κ1) is 10.5. The van der Waals surface area contributed by atoms with Crippen LogP contribution in [0.2, 0.25) is 0 Å². The SMILES string of the molecule is COC(=O)Nc1ccc(Br)cc1Br. The van der Waals surface area contributed by atoms with Crippen molar-refractivity contribution in [2.24, 2.45) is 0 Å². The number of methoxy groups -OCH3 is 1. The first-order valence-corrected chi connectivity index (χ1v) is 5.02. The molecule has 0 spiro atoms. The molecule has 1 aromatic rings. The highest BCUT2D eigenvalue weighted by molar-refractivity contribution is 9.11. The van der Waals surface area contributed by atoms with Crippen LogP contribution in [-0.2, 0) is 4.74 Å². The summed E-state index contributed by atoms with van der Waals surface area (Å²) in [7, 11) is 1.32. The van der Waals surface area contributed by atoms with Crippen LogP contribution in [0.1, 0.15) is 0 Å². The van der Waals surface area contributed by atoms with Crippen molar-refractivity contribution in [1.82, 2.24) is 0 Å². The standard InChI is InChI=1S/C8H7Br2NO2/c1-13-8(12)11-7-3-2-5(9)4-6(7)10/h2-4H,1H3,(H,11,12). The zero-order valence-corrected chi connectivity index (χ0v) is 9.98. The Kier molecular flexibility index (Phi) is 3.74. The number of carbonyl (C=O) groups excluding carboxylic acids is 1. The van der Waals surface area contributed by atoms with E-state index in [-0.39, 0.29) is 0 Å². The van der Waals surface area contributed by atoms with Crippen molar-refractivity contribution in [2.75, 3.05) is 12.4 Å². The molecule has 0 saturated heterocycles. The normalized spacial score (nSPS) is 9.46. The number of carbonyl (C=O) groups is 1. The Morgan fingerprint density at radius 2 is 2.15 bits per heavy atom. The molecule has 0 aliphatic heterocycles. The molecule has 5 heteroatoms. The fraction of sp³-hybridized carbons (Fsp3) is 0.125. The van der Waals surface area contributed by atoms with Crippen molar-refractivity contribution in [1.29, 1.82) is 0 Å². The molecule has 1 aromatic carbocycles. The van der Waals surface area contributed by atoms with Gasteiger partial charge in [0.25, 0.3) is 0 Å². The molecule has 70 valence electrons. The molecule has 0 heterocycles. The lowest BCUT2D eigenvalue weighted by Crippen LogP contribution is -2.11. The summed E-state index contributed by atoms with van der Waals surface area (Å²) in [5.41, 5.74) is 0.676. The number of anilines is 1. The summed E-state index contributed by atoms with van der Waals surface area (Å²) in [5, 5.41) is 2.56. The third kappa shape index (κ3) is 3.00. The second kappa shape index (κ2) is 4.62. The maximum Gasteiger partial charge on any atom is 0.411 e. The van der Waals surface area contributed by atoms with E-state index in [1.807, 2.05) is 12.1 Å². The van der Waals surface area contributed by atoms with Crippen LogP contribution in [0.5, 0.6) is 0 Å². The molecule has 1 rings (SSSR count). The zero-order chi connectivity index (χ0) is 9.84. The summed E-state index contributed by atoms with van der Waals surface area (Å²) >= 11 is 6.61. The Morgan fingerprint density at radius 3 is 2.69 bits per heavy atom. The molecule has 0 aliphatic rings. The topological polar surface area (TPSA) is 38.3 Å². The Hall–Kier alpha value is -0.550. The Labute approximate surface area is 92.7 Å². The number of nitrogens with one attached hydrogen (secondary N) is 1. The lowest BCUT2D eigenvalue weighted by molar-refractivity contribution is 0.187. The van der Waals surface area contributed by atoms with Crippen molar-refractivity contribution < 1.29 is 9.53 Å². The number of rotatable bonds is 1. The summed E-state index contributed by atoms with van der Waals surface area (Å²) in [5.74, 6) is 0. The summed E-state index contributed by atoms with van der Waals surface area (Å²) in [6, 6.07) is 5.44. The van der Waals surface area contributed by atoms with E-state index >= 15 is 0 Å². The van der Waals surface area contributed by atoms with Gasteiger partial charge < -0.3 is 4.74 Å². The fourth-order valence-electron chi connectivity index (χ4n) is 0.752. The average molecular weight is 309 g/mol. The van der Waals surface area contributed by atoms with E-state index in [0.29, 0.717) is 5.69 Å². The number of halogens is 2. The minimum absolute atomic E-state index is 0.483. The molecule has 0 atom stereocenters. The molecule has 3 nitrogen and oxygen atoms in total. The lowest BCUT2D eigenvalue weighted by Gasteiger charge is -2.05. The van der Waals surface area contributed by atoms with Crippen LogP contribution in [0, 0.1) is 0 Å². The minimum Gasteiger partial charge on any atom is -0.453 e. The van der Waals surface area contributed by atoms with Gasteiger partial charge >= 0.3 is 6.09 Å². The maximum atomic E-state index is 10.9. The van der Waals surface area contributed by atoms with E-state index < -0.39 is 6.09 Å². The second-order valence-corrected chi connectivity index (χ2v) is 4.01. The first-order chi connectivity index (χ1) is 6.13. The van der Waals surface area contributed by atoms with Gasteiger partial charge in [0.2, 0.25) is 0 Å². The average Bonchev–Trinajstić information content (AvgIpc) is 2.09. The number of hydrogen-bond donors (Lipinski definition) is 1. The molecule has 0 fully saturated rings. The number of amides is 1. The second-order valence-electron chi connectivity index (χ2n) is 2.24. The van der Waals surface area contributed by atoms with E-state index in [1.165, 1.54) is 7.11 Å². The Balaban J connectivity index is 2.83. The molecule has 0 aromatic heterocycles. The summed E-state index contributed by atoms with van der Waals surface area (Å²) in [6.45, 7) is 0. The van der Waals surface area contributed by atoms with Crippen LogP contribution in [0.3, 0.4) is 0 Å². The Morgan fingerprint density at radius 1 is 1.46 bits per heavy atom. The van der Waals surface area contributed by atoms with Gasteiger partial charge in [0.15, 0.2) is 0 Å². The van der Waals surface area contributed by atoms with Gasteiger partial charge in [-0.1, -0.05) is 15.9 Å². The third-order valence-corrected chi connectivity index (χ3v) is 2.50. The van der Waals surface area contributed by atoms with Crippen LogP contribution in [0.4, 0.5) is 10.5 Å². The van der Waals surface area contributed by atoms with Gasteiger partial charge in [0.1, 0.15) is 0 Å². The lowest BCUT2D eigenvalue weighted by atomic mass is 10.3. The van der Waals surface area contributed by atoms with Gasteiger partial charge in [-0.25, -0.2) is 4.79 Å². The summed E-state index contributed by atoms with van der Waals surface area (Å²) in [4.78, 5) is 10.9. The molecular weight excluding hydrogens is 302 g/mol. The van der Waals surface area contributed by atoms with Crippen LogP contribution in [0.25, 0.3) is 0 Å². The fourth-order valence-corrected chi connectivity index (χ4v) is 1.90. The van der Waals surface area contributed by atoms with Crippen LogP contribution >= 0.6 is 31.9 Å². The summed E-state index contributed by atoms with van der Waals surface area (Å²) < 4.78 is 6.19. The largest absolute Gasteiger partial charge is 0.453 e. The predicted octanol–water partition coefficient (Wildman–Crippen LogP) is 3.39. The van der Waals surface area contributed by atoms with Gasteiger partial charge in [-0.15, -0.1) is 0 Å². The highest BCUT2D eigenvalue weighted by Gasteiger charge is 2.04. The number of hydrogen-bond acceptors (Lipinski definition) is 2. The molecule has 13 heavy (non-hydrogen) atoms. The predicted molar refractivity (Wildman–Crippen MR) is 57.9 cm³/mol. The minimum atomic E-state index is -0.483. The van der Waals surface area contributed by atoms with E-state index in [2.05, 4.69) is 41.9 Å². The number of ether oxygens (including phenoxy) is 1. The Bertz CT molecular complexity index is 328. The van der Waals surface area contributed by atoms with Crippen molar-refractivity contribution in [3.05, 3.63) is 27.1 Å². The molecular formula is C8H7Br2NO2. The van der Waals surface area contributed by atoms with Crippen molar-refractivity contribution in [2.45, 2.75) is 0 Å². The van der Waals surface area contributed by atoms with Gasteiger partial charge in [-0.05, 0) is 34.1 Å². The van der Waals surface area contributed by atoms with Crippen LogP contribution in [0.15, 0.2) is 27.1 Å². The first-order valence-electron chi connectivity index (χ1n) is 3.43. The summed E-state index contributed by atoms with van der Waals surface area (Å²) in [6.07, 6.45) is -0.483. The number of benzene rings is 1. The molecule has 1 N–H and O–H groups in total. The molecule has 0 radical (unpaired) electrons. The van der Waals surface area contributed by atoms with Gasteiger partial charge in [0.05, 0.1) is 12.8 Å². The van der Waals surface area contributed by atoms with Crippen molar-refractivity contribution in [3.63, 3.8) is 0 Å². The third-order valence-electron chi connectivity index (χ3n) is 1.35. The molecule has 0 saturated carbocycles. The van der Waals surface area contributed by atoms with E-state index in [0.717, 1.165) is 8.95 Å². The monoisotopic (exact) mass is 307 g/mol. The van der Waals surface area contributed by atoms with Gasteiger partial charge in [-0.2, -0.15) is 0 Å². The zero-order valence-electron chi connectivity index (χ0n) is 6.80. The van der Waals surface area contributed by atoms with E-state index in [1.54, 1.807) is 6.07 Å². The van der Waals surface area contributed by atoms with Gasteiger partial charge in [-0.3, -0.25) is 5.32 Å². The van der Waals surface area contributed by atoms with E-state index in [4.69, 9.17) is 0 Å². The van der Waals surface area contributed by atoms with E-state index in [9.17, 15) is 4.79 Å². The van der Waals surface area contributed by atoms with Gasteiger partial charge in [0, 0.05) is 8.95 Å². The molecule has 0 unspecified atom stereocenters. The molecule has 0 aliphatic carbocycles. The highest BCUT2D eigenvalue weighted by Crippen LogP contribution is 2.26. The smallest absolute Gasteiger partial charge is 0.411 e.